The molecule has 0 atom stereocenters. The Morgan fingerprint density at radius 3 is 2.16 bits per heavy atom. The van der Waals surface area contributed by atoms with Gasteiger partial charge in [-0.25, -0.2) is 32.5 Å². The van der Waals surface area contributed by atoms with Gasteiger partial charge in [0, 0.05) is 29.7 Å². The molecule has 1 aromatic carbocycles. The summed E-state index contributed by atoms with van der Waals surface area (Å²) >= 11 is 5.72. The molecule has 0 spiro atoms. The van der Waals surface area contributed by atoms with Crippen LogP contribution in [0.4, 0.5) is 17.6 Å². The number of benzene rings is 1. The average Bonchev–Trinajstić information content (AvgIpc) is 3.01. The first kappa shape index (κ1) is 17.3. The van der Waals surface area contributed by atoms with Crippen LogP contribution < -0.4 is 0 Å². The molecule has 9 heteroatoms. The van der Waals surface area contributed by atoms with Gasteiger partial charge in [-0.2, -0.15) is 0 Å². The first-order valence-corrected chi connectivity index (χ1v) is 7.52. The third kappa shape index (κ3) is 3.96. The highest BCUT2D eigenvalue weighted by molar-refractivity contribution is 6.30. The van der Waals surface area contributed by atoms with Crippen LogP contribution in [0.3, 0.4) is 0 Å². The molecule has 0 aliphatic heterocycles. The maximum absolute atomic E-state index is 13.0. The van der Waals surface area contributed by atoms with Crippen LogP contribution in [0.5, 0.6) is 0 Å². The highest BCUT2D eigenvalue weighted by atomic mass is 35.5. The van der Waals surface area contributed by atoms with Crippen molar-refractivity contribution in [1.29, 1.82) is 0 Å². The van der Waals surface area contributed by atoms with Gasteiger partial charge in [0.15, 0.2) is 0 Å². The van der Waals surface area contributed by atoms with Gasteiger partial charge in [0.1, 0.15) is 17.3 Å². The van der Waals surface area contributed by atoms with Gasteiger partial charge >= 0.3 is 0 Å². The van der Waals surface area contributed by atoms with E-state index in [4.69, 9.17) is 11.6 Å². The van der Waals surface area contributed by atoms with Crippen molar-refractivity contribution in [3.8, 4) is 11.4 Å². The standard InChI is InChI=1S/C16H11ClF4N4/c17-11-5-22-13(23-6-11)8-25-7-12(15(20)21)24-16(25)10-3-1-9(2-4-10)14(18)19/h1-7,14-15H,8H2. The summed E-state index contributed by atoms with van der Waals surface area (Å²) in [5.41, 5.74) is -0.135. The maximum atomic E-state index is 13.0. The van der Waals surface area contributed by atoms with E-state index in [2.05, 4.69) is 15.0 Å². The molecule has 2 aromatic heterocycles. The van der Waals surface area contributed by atoms with Crippen LogP contribution in [0.25, 0.3) is 11.4 Å². The molecule has 0 amide bonds. The van der Waals surface area contributed by atoms with E-state index in [1.165, 1.54) is 47.4 Å². The van der Waals surface area contributed by atoms with Gasteiger partial charge in [-0.3, -0.25) is 0 Å². The molecule has 0 aliphatic rings. The number of rotatable bonds is 5. The molecule has 4 nitrogen and oxygen atoms in total. The van der Waals surface area contributed by atoms with Gasteiger partial charge in [-0.15, -0.1) is 0 Å². The summed E-state index contributed by atoms with van der Waals surface area (Å²) in [5.74, 6) is 0.572. The Bertz CT molecular complexity index is 848. The summed E-state index contributed by atoms with van der Waals surface area (Å²) in [7, 11) is 0. The Kier molecular flexibility index (Phi) is 4.98. The monoisotopic (exact) mass is 370 g/mol. The highest BCUT2D eigenvalue weighted by Crippen LogP contribution is 2.27. The number of hydrogen-bond donors (Lipinski definition) is 0. The Morgan fingerprint density at radius 2 is 1.60 bits per heavy atom. The van der Waals surface area contributed by atoms with Crippen molar-refractivity contribution >= 4 is 11.6 Å². The van der Waals surface area contributed by atoms with Crippen LogP contribution in [0.15, 0.2) is 42.9 Å². The Hall–Kier alpha value is -2.48. The summed E-state index contributed by atoms with van der Waals surface area (Å²) in [6, 6.07) is 5.30. The maximum Gasteiger partial charge on any atom is 0.281 e. The summed E-state index contributed by atoms with van der Waals surface area (Å²) < 4.78 is 52.8. The van der Waals surface area contributed by atoms with Gasteiger partial charge in [-0.1, -0.05) is 35.9 Å². The molecule has 0 unspecified atom stereocenters. The van der Waals surface area contributed by atoms with Crippen molar-refractivity contribution in [3.63, 3.8) is 0 Å². The minimum Gasteiger partial charge on any atom is -0.323 e. The molecule has 25 heavy (non-hydrogen) atoms. The van der Waals surface area contributed by atoms with E-state index in [9.17, 15) is 17.6 Å². The van der Waals surface area contributed by atoms with E-state index in [1.54, 1.807) is 0 Å². The van der Waals surface area contributed by atoms with Crippen LogP contribution in [-0.4, -0.2) is 19.5 Å². The smallest absolute Gasteiger partial charge is 0.281 e. The third-order valence-corrected chi connectivity index (χ3v) is 3.62. The molecule has 0 N–H and O–H groups in total. The van der Waals surface area contributed by atoms with Gasteiger partial charge in [-0.05, 0) is 0 Å². The quantitative estimate of drug-likeness (QED) is 0.599. The molecule has 0 fully saturated rings. The molecule has 3 aromatic rings. The number of halogens is 5. The molecule has 0 radical (unpaired) electrons. The zero-order chi connectivity index (χ0) is 18.0. The number of aromatic nitrogens is 4. The van der Waals surface area contributed by atoms with E-state index >= 15 is 0 Å². The molecular formula is C16H11ClF4N4. The Morgan fingerprint density at radius 1 is 0.960 bits per heavy atom. The van der Waals surface area contributed by atoms with E-state index in [1.807, 2.05) is 0 Å². The summed E-state index contributed by atoms with van der Waals surface area (Å²) in [6.45, 7) is 0.0861. The summed E-state index contributed by atoms with van der Waals surface area (Å²) in [4.78, 5) is 12.0. The fourth-order valence-corrected chi connectivity index (χ4v) is 2.34. The number of alkyl halides is 4. The Balaban J connectivity index is 1.98. The van der Waals surface area contributed by atoms with Crippen LogP contribution in [-0.2, 0) is 6.54 Å². The molecule has 0 saturated carbocycles. The molecular weight excluding hydrogens is 360 g/mol. The number of nitrogens with zero attached hydrogens (tertiary/aromatic N) is 4. The van der Waals surface area contributed by atoms with Crippen molar-refractivity contribution in [2.45, 2.75) is 19.4 Å². The largest absolute Gasteiger partial charge is 0.323 e. The fraction of sp³-hybridized carbons (Fsp3) is 0.188. The number of imidazole rings is 1. The van der Waals surface area contributed by atoms with Crippen molar-refractivity contribution < 1.29 is 17.6 Å². The zero-order valence-electron chi connectivity index (χ0n) is 12.6. The molecule has 130 valence electrons. The van der Waals surface area contributed by atoms with Crippen molar-refractivity contribution in [3.05, 3.63) is 65.0 Å². The van der Waals surface area contributed by atoms with E-state index in [0.29, 0.717) is 16.4 Å². The molecule has 3 rings (SSSR count). The predicted octanol–water partition coefficient (Wildman–Crippen LogP) is 4.92. The first-order valence-electron chi connectivity index (χ1n) is 7.14. The second-order valence-corrected chi connectivity index (χ2v) is 5.59. The third-order valence-electron chi connectivity index (χ3n) is 3.43. The highest BCUT2D eigenvalue weighted by Gasteiger charge is 2.18. The van der Waals surface area contributed by atoms with Crippen LogP contribution in [0.2, 0.25) is 5.02 Å². The van der Waals surface area contributed by atoms with Gasteiger partial charge < -0.3 is 4.57 Å². The summed E-state index contributed by atoms with van der Waals surface area (Å²) in [6.07, 6.45) is -1.38. The minimum absolute atomic E-state index is 0.0861. The normalized spacial score (nSPS) is 11.5. The second-order valence-electron chi connectivity index (χ2n) is 5.16. The van der Waals surface area contributed by atoms with Gasteiger partial charge in [0.2, 0.25) is 0 Å². The topological polar surface area (TPSA) is 43.6 Å². The van der Waals surface area contributed by atoms with E-state index < -0.39 is 18.5 Å². The predicted molar refractivity (Wildman–Crippen MR) is 83.7 cm³/mol. The van der Waals surface area contributed by atoms with Crippen LogP contribution in [0, 0.1) is 0 Å². The zero-order valence-corrected chi connectivity index (χ0v) is 13.3. The van der Waals surface area contributed by atoms with Gasteiger partial charge in [0.05, 0.1) is 11.6 Å². The van der Waals surface area contributed by atoms with Crippen LogP contribution >= 0.6 is 11.6 Å². The van der Waals surface area contributed by atoms with Crippen molar-refractivity contribution in [2.24, 2.45) is 0 Å². The molecule has 0 bridgehead atoms. The minimum atomic E-state index is -2.76. The fourth-order valence-electron chi connectivity index (χ4n) is 2.24. The molecule has 0 saturated heterocycles. The lowest BCUT2D eigenvalue weighted by atomic mass is 10.1. The van der Waals surface area contributed by atoms with E-state index in [-0.39, 0.29) is 17.9 Å². The summed E-state index contributed by atoms with van der Waals surface area (Å²) in [5, 5.41) is 0.352. The molecule has 0 aliphatic carbocycles. The lowest BCUT2D eigenvalue weighted by Gasteiger charge is -2.08. The second kappa shape index (κ2) is 7.18. The SMILES string of the molecule is FC(F)c1ccc(-c2nc(C(F)F)cn2Cc2ncc(Cl)cn2)cc1. The van der Waals surface area contributed by atoms with E-state index in [0.717, 1.165) is 0 Å². The average molecular weight is 371 g/mol. The Labute approximate surface area is 145 Å². The molecule has 2 heterocycles. The lowest BCUT2D eigenvalue weighted by Crippen LogP contribution is -2.05. The number of hydrogen-bond acceptors (Lipinski definition) is 3. The first-order chi connectivity index (χ1) is 11.9. The van der Waals surface area contributed by atoms with Gasteiger partial charge in [0.25, 0.3) is 12.9 Å². The lowest BCUT2D eigenvalue weighted by molar-refractivity contribution is 0.146. The van der Waals surface area contributed by atoms with Crippen molar-refractivity contribution in [2.75, 3.05) is 0 Å². The van der Waals surface area contributed by atoms with Crippen molar-refractivity contribution in [1.82, 2.24) is 19.5 Å². The van der Waals surface area contributed by atoms with Crippen LogP contribution in [0.1, 0.15) is 29.9 Å².